The molecule has 0 amide bonds. The van der Waals surface area contributed by atoms with Gasteiger partial charge in [-0.1, -0.05) is 29.8 Å². The Morgan fingerprint density at radius 2 is 1.76 bits per heavy atom. The van der Waals surface area contributed by atoms with Crippen LogP contribution in [0.4, 0.5) is 0 Å². The zero-order chi connectivity index (χ0) is 20.9. The van der Waals surface area contributed by atoms with Crippen LogP contribution in [0.1, 0.15) is 17.5 Å². The van der Waals surface area contributed by atoms with Crippen LogP contribution >= 0.6 is 0 Å². The fourth-order valence-electron chi connectivity index (χ4n) is 3.52. The van der Waals surface area contributed by atoms with E-state index in [4.69, 9.17) is 9.47 Å². The Bertz CT molecular complexity index is 880. The maximum atomic E-state index is 12.0. The van der Waals surface area contributed by atoms with Crippen LogP contribution in [0.5, 0.6) is 11.5 Å². The van der Waals surface area contributed by atoms with E-state index in [9.17, 15) is 13.5 Å². The van der Waals surface area contributed by atoms with Crippen LogP contribution in [-0.2, 0) is 16.4 Å². The van der Waals surface area contributed by atoms with Gasteiger partial charge in [-0.05, 0) is 43.2 Å². The summed E-state index contributed by atoms with van der Waals surface area (Å²) in [5.74, 6) is 1.74. The summed E-state index contributed by atoms with van der Waals surface area (Å²) in [5, 5.41) is 10.6. The van der Waals surface area contributed by atoms with Gasteiger partial charge in [-0.3, -0.25) is 4.90 Å². The van der Waals surface area contributed by atoms with Crippen LogP contribution in [0, 0.1) is 6.92 Å². The number of methoxy groups -OCH3 is 1. The summed E-state index contributed by atoms with van der Waals surface area (Å²) in [6, 6.07) is 15.3. The lowest BCUT2D eigenvalue weighted by Crippen LogP contribution is -2.42. The molecule has 2 aromatic carbocycles. The number of aliphatic hydroxyl groups excluding tert-OH is 1. The quantitative estimate of drug-likeness (QED) is 0.673. The second-order valence-electron chi connectivity index (χ2n) is 7.61. The molecular weight excluding hydrogens is 390 g/mol. The van der Waals surface area contributed by atoms with Crippen LogP contribution < -0.4 is 9.47 Å². The van der Waals surface area contributed by atoms with Crippen molar-refractivity contribution < 1.29 is 23.0 Å². The van der Waals surface area contributed by atoms with Crippen LogP contribution in [0.2, 0.25) is 0 Å². The lowest BCUT2D eigenvalue weighted by atomic mass is 10.1. The van der Waals surface area contributed by atoms with E-state index in [0.717, 1.165) is 11.3 Å². The van der Waals surface area contributed by atoms with Crippen LogP contribution in [0.15, 0.2) is 48.5 Å². The van der Waals surface area contributed by atoms with Gasteiger partial charge < -0.3 is 14.6 Å². The summed E-state index contributed by atoms with van der Waals surface area (Å²) in [6.45, 7) is 3.12. The number of hydrogen-bond donors (Lipinski definition) is 1. The molecule has 0 radical (unpaired) electrons. The number of aliphatic hydroxyl groups is 1. The molecule has 1 fully saturated rings. The number of hydrogen-bond acceptors (Lipinski definition) is 6. The Morgan fingerprint density at radius 3 is 2.34 bits per heavy atom. The Kier molecular flexibility index (Phi) is 7.16. The Morgan fingerprint density at radius 1 is 1.10 bits per heavy atom. The molecule has 3 rings (SSSR count). The minimum atomic E-state index is -3.00. The topological polar surface area (TPSA) is 76.1 Å². The second kappa shape index (κ2) is 9.61. The summed E-state index contributed by atoms with van der Waals surface area (Å²) in [7, 11) is -1.40. The van der Waals surface area contributed by atoms with Gasteiger partial charge in [0, 0.05) is 19.1 Å². The molecule has 1 aliphatic rings. The molecule has 29 heavy (non-hydrogen) atoms. The lowest BCUT2D eigenvalue weighted by molar-refractivity contribution is 0.0524. The Hall–Kier alpha value is -2.09. The van der Waals surface area contributed by atoms with Gasteiger partial charge in [-0.15, -0.1) is 0 Å². The average Bonchev–Trinajstić information content (AvgIpc) is 3.07. The van der Waals surface area contributed by atoms with Crippen LogP contribution in [0.3, 0.4) is 0 Å². The van der Waals surface area contributed by atoms with Gasteiger partial charge in [0.05, 0.1) is 18.6 Å². The number of sulfone groups is 1. The lowest BCUT2D eigenvalue weighted by Gasteiger charge is -2.30. The van der Waals surface area contributed by atoms with E-state index in [0.29, 0.717) is 25.3 Å². The summed E-state index contributed by atoms with van der Waals surface area (Å²) in [4.78, 5) is 2.07. The molecule has 0 bridgehead atoms. The van der Waals surface area contributed by atoms with E-state index in [2.05, 4.69) is 4.90 Å². The van der Waals surface area contributed by atoms with Gasteiger partial charge >= 0.3 is 0 Å². The van der Waals surface area contributed by atoms with Gasteiger partial charge in [-0.2, -0.15) is 0 Å². The monoisotopic (exact) mass is 419 g/mol. The van der Waals surface area contributed by atoms with Crippen molar-refractivity contribution in [1.82, 2.24) is 4.90 Å². The predicted octanol–water partition coefficient (Wildman–Crippen LogP) is 2.43. The first kappa shape index (κ1) is 21.6. The summed E-state index contributed by atoms with van der Waals surface area (Å²) < 4.78 is 34.7. The van der Waals surface area contributed by atoms with Gasteiger partial charge in [0.25, 0.3) is 0 Å². The maximum absolute atomic E-state index is 12.0. The third-order valence-electron chi connectivity index (χ3n) is 5.18. The van der Waals surface area contributed by atoms with E-state index in [-0.39, 0.29) is 24.2 Å². The van der Waals surface area contributed by atoms with Crippen LogP contribution in [-0.4, -0.2) is 62.3 Å². The number of nitrogens with zero attached hydrogens (tertiary/aromatic N) is 1. The number of aryl methyl sites for hydroxylation is 1. The van der Waals surface area contributed by atoms with Gasteiger partial charge in [0.15, 0.2) is 9.84 Å². The predicted molar refractivity (Wildman–Crippen MR) is 113 cm³/mol. The molecule has 0 aliphatic carbocycles. The van der Waals surface area contributed by atoms with Crippen molar-refractivity contribution >= 4 is 9.84 Å². The molecule has 1 heterocycles. The molecule has 0 aromatic heterocycles. The van der Waals surface area contributed by atoms with Crippen molar-refractivity contribution in [3.63, 3.8) is 0 Å². The second-order valence-corrected chi connectivity index (χ2v) is 9.84. The smallest absolute Gasteiger partial charge is 0.151 e. The van der Waals surface area contributed by atoms with Crippen molar-refractivity contribution in [3.8, 4) is 11.5 Å². The summed E-state index contributed by atoms with van der Waals surface area (Å²) in [6.07, 6.45) is -0.133. The van der Waals surface area contributed by atoms with Crippen molar-refractivity contribution in [2.45, 2.75) is 32.0 Å². The van der Waals surface area contributed by atoms with E-state index in [1.54, 1.807) is 31.4 Å². The van der Waals surface area contributed by atoms with E-state index < -0.39 is 15.9 Å². The van der Waals surface area contributed by atoms with Gasteiger partial charge in [0.1, 0.15) is 24.2 Å². The van der Waals surface area contributed by atoms with Crippen molar-refractivity contribution in [3.05, 3.63) is 59.7 Å². The third-order valence-corrected chi connectivity index (χ3v) is 6.93. The normalized spacial score (nSPS) is 19.2. The Labute approximate surface area is 173 Å². The Balaban J connectivity index is 1.62. The maximum Gasteiger partial charge on any atom is 0.151 e. The molecule has 2 aromatic rings. The SMILES string of the molecule is COc1ccc(OC[C@H](O)CN(Cc2ccc(C)cc2)[C@@H]2CCS(=O)(=O)C2)cc1. The highest BCUT2D eigenvalue weighted by Gasteiger charge is 2.33. The number of rotatable bonds is 9. The van der Waals surface area contributed by atoms with Crippen LogP contribution in [0.25, 0.3) is 0 Å². The summed E-state index contributed by atoms with van der Waals surface area (Å²) >= 11 is 0. The first-order valence-corrected chi connectivity index (χ1v) is 11.6. The molecule has 1 N–H and O–H groups in total. The van der Waals surface area contributed by atoms with Crippen molar-refractivity contribution in [1.29, 1.82) is 0 Å². The van der Waals surface area contributed by atoms with E-state index in [1.165, 1.54) is 5.56 Å². The summed E-state index contributed by atoms with van der Waals surface area (Å²) in [5.41, 5.74) is 2.28. The van der Waals surface area contributed by atoms with E-state index >= 15 is 0 Å². The average molecular weight is 420 g/mol. The minimum absolute atomic E-state index is 0.0862. The van der Waals surface area contributed by atoms with E-state index in [1.807, 2.05) is 31.2 Å². The fourth-order valence-corrected chi connectivity index (χ4v) is 5.28. The van der Waals surface area contributed by atoms with Crippen molar-refractivity contribution in [2.24, 2.45) is 0 Å². The molecule has 6 nitrogen and oxygen atoms in total. The van der Waals surface area contributed by atoms with Gasteiger partial charge in [-0.25, -0.2) is 8.42 Å². The molecule has 0 saturated carbocycles. The molecule has 0 unspecified atom stereocenters. The number of benzene rings is 2. The molecule has 158 valence electrons. The van der Waals surface area contributed by atoms with Gasteiger partial charge in [0.2, 0.25) is 0 Å². The molecular formula is C22H29NO5S. The van der Waals surface area contributed by atoms with Crippen molar-refractivity contribution in [2.75, 3.05) is 31.8 Å². The minimum Gasteiger partial charge on any atom is -0.497 e. The highest BCUT2D eigenvalue weighted by atomic mass is 32.2. The highest BCUT2D eigenvalue weighted by Crippen LogP contribution is 2.21. The molecule has 2 atom stereocenters. The first-order chi connectivity index (χ1) is 13.8. The third kappa shape index (κ3) is 6.45. The fraction of sp³-hybridized carbons (Fsp3) is 0.455. The molecule has 1 aliphatic heterocycles. The molecule has 0 spiro atoms. The number of ether oxygens (including phenoxy) is 2. The molecule has 7 heteroatoms. The highest BCUT2D eigenvalue weighted by molar-refractivity contribution is 7.91. The zero-order valence-corrected chi connectivity index (χ0v) is 17.8. The standard InChI is InChI=1S/C22H29NO5S/c1-17-3-5-18(6-4-17)13-23(19-11-12-29(25,26)16-19)14-20(24)15-28-22-9-7-21(27-2)8-10-22/h3-10,19-20,24H,11-16H2,1-2H3/t19-,20-/m1/s1. The zero-order valence-electron chi connectivity index (χ0n) is 17.0. The largest absolute Gasteiger partial charge is 0.497 e. The first-order valence-electron chi connectivity index (χ1n) is 9.79. The molecule has 1 saturated heterocycles.